The van der Waals surface area contributed by atoms with E-state index in [1.165, 1.54) is 5.56 Å². The molecule has 1 heterocycles. The molecule has 3 nitrogen and oxygen atoms in total. The van der Waals surface area contributed by atoms with Crippen LogP contribution in [0.2, 0.25) is 0 Å². The molecular formula is C14H18N2O. The Morgan fingerprint density at radius 3 is 2.47 bits per heavy atom. The number of rotatable bonds is 4. The summed E-state index contributed by atoms with van der Waals surface area (Å²) in [6.07, 6.45) is 2.78. The first-order chi connectivity index (χ1) is 8.19. The number of hydrogen-bond acceptors (Lipinski definition) is 3. The van der Waals surface area contributed by atoms with Crippen LogP contribution in [0.25, 0.3) is 11.3 Å². The molecule has 0 aliphatic carbocycles. The Kier molecular flexibility index (Phi) is 3.47. The minimum absolute atomic E-state index is 0.547. The summed E-state index contributed by atoms with van der Waals surface area (Å²) in [5.74, 6) is 0.684. The van der Waals surface area contributed by atoms with E-state index in [4.69, 9.17) is 4.42 Å². The van der Waals surface area contributed by atoms with E-state index in [1.54, 1.807) is 13.3 Å². The number of oxazole rings is 1. The molecule has 17 heavy (non-hydrogen) atoms. The quantitative estimate of drug-likeness (QED) is 0.872. The molecule has 2 aromatic rings. The van der Waals surface area contributed by atoms with Crippen LogP contribution in [0.15, 0.2) is 34.9 Å². The molecule has 0 aliphatic rings. The van der Waals surface area contributed by atoms with E-state index in [0.717, 1.165) is 17.7 Å². The largest absolute Gasteiger partial charge is 0.432 e. The van der Waals surface area contributed by atoms with E-state index in [2.05, 4.69) is 48.4 Å². The van der Waals surface area contributed by atoms with Crippen LogP contribution in [0.3, 0.4) is 0 Å². The highest BCUT2D eigenvalue weighted by atomic mass is 16.4. The van der Waals surface area contributed by atoms with Crippen molar-refractivity contribution in [3.63, 3.8) is 0 Å². The van der Waals surface area contributed by atoms with Gasteiger partial charge in [0.25, 0.3) is 6.01 Å². The fourth-order valence-corrected chi connectivity index (χ4v) is 1.80. The third-order valence-corrected chi connectivity index (χ3v) is 2.61. The number of benzene rings is 1. The molecule has 1 N–H and O–H groups in total. The number of anilines is 1. The van der Waals surface area contributed by atoms with E-state index >= 15 is 0 Å². The Balaban J connectivity index is 2.17. The molecule has 0 aliphatic heterocycles. The molecule has 0 bridgehead atoms. The maximum absolute atomic E-state index is 5.24. The summed E-state index contributed by atoms with van der Waals surface area (Å²) in [5, 5.41) is 2.88. The predicted molar refractivity (Wildman–Crippen MR) is 70.0 cm³/mol. The summed E-state index contributed by atoms with van der Waals surface area (Å²) < 4.78 is 5.24. The minimum atomic E-state index is 0.547. The van der Waals surface area contributed by atoms with Crippen molar-refractivity contribution in [1.82, 2.24) is 4.98 Å². The van der Waals surface area contributed by atoms with Gasteiger partial charge in [-0.1, -0.05) is 38.1 Å². The van der Waals surface area contributed by atoms with Crippen LogP contribution in [-0.2, 0) is 6.42 Å². The van der Waals surface area contributed by atoms with Gasteiger partial charge in [0, 0.05) is 12.6 Å². The normalized spacial score (nSPS) is 10.8. The van der Waals surface area contributed by atoms with Gasteiger partial charge in [-0.05, 0) is 17.9 Å². The van der Waals surface area contributed by atoms with Gasteiger partial charge in [0.05, 0.1) is 0 Å². The molecule has 0 radical (unpaired) electrons. The highest BCUT2D eigenvalue weighted by Gasteiger charge is 2.05. The topological polar surface area (TPSA) is 38.1 Å². The summed E-state index contributed by atoms with van der Waals surface area (Å²) in [6.45, 7) is 4.45. The van der Waals surface area contributed by atoms with E-state index < -0.39 is 0 Å². The summed E-state index contributed by atoms with van der Waals surface area (Å²) in [6, 6.07) is 9.04. The third-order valence-electron chi connectivity index (χ3n) is 2.61. The van der Waals surface area contributed by atoms with Gasteiger partial charge in [0.2, 0.25) is 0 Å². The highest BCUT2D eigenvalue weighted by Crippen LogP contribution is 2.21. The van der Waals surface area contributed by atoms with E-state index in [-0.39, 0.29) is 0 Å². The summed E-state index contributed by atoms with van der Waals surface area (Å²) >= 11 is 0. The van der Waals surface area contributed by atoms with Gasteiger partial charge in [0.15, 0.2) is 0 Å². The Bertz CT molecular complexity index is 471. The minimum Gasteiger partial charge on any atom is -0.432 e. The Hall–Kier alpha value is -1.77. The molecule has 0 atom stereocenters. The van der Waals surface area contributed by atoms with Gasteiger partial charge in [-0.2, -0.15) is 4.98 Å². The Morgan fingerprint density at radius 1 is 1.24 bits per heavy atom. The zero-order valence-electron chi connectivity index (χ0n) is 10.5. The molecule has 2 rings (SSSR count). The van der Waals surface area contributed by atoms with E-state index in [0.29, 0.717) is 11.9 Å². The molecule has 90 valence electrons. The van der Waals surface area contributed by atoms with Crippen molar-refractivity contribution in [2.24, 2.45) is 5.92 Å². The molecule has 0 amide bonds. The maximum atomic E-state index is 5.24. The standard InChI is InChI=1S/C14H18N2O/c1-10(2)8-11-4-6-12(7-5-11)13-9-17-14(15-3)16-13/h4-7,9-10H,8H2,1-3H3,(H,15,16). The maximum Gasteiger partial charge on any atom is 0.294 e. The molecule has 1 aromatic heterocycles. The lowest BCUT2D eigenvalue weighted by Gasteiger charge is -2.05. The fraction of sp³-hybridized carbons (Fsp3) is 0.357. The molecular weight excluding hydrogens is 212 g/mol. The zero-order chi connectivity index (χ0) is 12.3. The van der Waals surface area contributed by atoms with Crippen LogP contribution in [-0.4, -0.2) is 12.0 Å². The van der Waals surface area contributed by atoms with Crippen LogP contribution in [0, 0.1) is 5.92 Å². The van der Waals surface area contributed by atoms with Crippen molar-refractivity contribution >= 4 is 6.01 Å². The van der Waals surface area contributed by atoms with Gasteiger partial charge in [-0.25, -0.2) is 0 Å². The first kappa shape index (κ1) is 11.7. The molecule has 0 unspecified atom stereocenters. The lowest BCUT2D eigenvalue weighted by atomic mass is 10.0. The monoisotopic (exact) mass is 230 g/mol. The third kappa shape index (κ3) is 2.87. The average molecular weight is 230 g/mol. The number of aromatic nitrogens is 1. The van der Waals surface area contributed by atoms with Crippen molar-refractivity contribution in [3.05, 3.63) is 36.1 Å². The lowest BCUT2D eigenvalue weighted by molar-refractivity contribution is 0.576. The first-order valence-electron chi connectivity index (χ1n) is 5.91. The summed E-state index contributed by atoms with van der Waals surface area (Å²) in [7, 11) is 1.79. The second kappa shape index (κ2) is 5.04. The van der Waals surface area contributed by atoms with E-state index in [9.17, 15) is 0 Å². The van der Waals surface area contributed by atoms with Crippen LogP contribution < -0.4 is 5.32 Å². The SMILES string of the molecule is CNc1nc(-c2ccc(CC(C)C)cc2)co1. The van der Waals surface area contributed by atoms with Crippen molar-refractivity contribution in [3.8, 4) is 11.3 Å². The first-order valence-corrected chi connectivity index (χ1v) is 5.91. The van der Waals surface area contributed by atoms with Gasteiger partial charge < -0.3 is 9.73 Å². The highest BCUT2D eigenvalue weighted by molar-refractivity contribution is 5.59. The molecule has 0 spiro atoms. The van der Waals surface area contributed by atoms with Gasteiger partial charge in [-0.15, -0.1) is 0 Å². The van der Waals surface area contributed by atoms with Crippen LogP contribution in [0.1, 0.15) is 19.4 Å². The van der Waals surface area contributed by atoms with Crippen LogP contribution in [0.4, 0.5) is 6.01 Å². The molecule has 3 heteroatoms. The van der Waals surface area contributed by atoms with Crippen LogP contribution >= 0.6 is 0 Å². The molecule has 0 saturated heterocycles. The Labute approximate surface area is 102 Å². The predicted octanol–water partition coefficient (Wildman–Crippen LogP) is 3.58. The molecule has 0 fully saturated rings. The summed E-state index contributed by atoms with van der Waals surface area (Å²) in [5.41, 5.74) is 3.31. The number of hydrogen-bond donors (Lipinski definition) is 1. The molecule has 1 aromatic carbocycles. The lowest BCUT2D eigenvalue weighted by Crippen LogP contribution is -1.93. The fourth-order valence-electron chi connectivity index (χ4n) is 1.80. The smallest absolute Gasteiger partial charge is 0.294 e. The Morgan fingerprint density at radius 2 is 1.94 bits per heavy atom. The van der Waals surface area contributed by atoms with Crippen molar-refractivity contribution < 1.29 is 4.42 Å². The van der Waals surface area contributed by atoms with Gasteiger partial charge in [0.1, 0.15) is 12.0 Å². The number of nitrogens with zero attached hydrogens (tertiary/aromatic N) is 1. The second-order valence-corrected chi connectivity index (χ2v) is 4.58. The van der Waals surface area contributed by atoms with Gasteiger partial charge >= 0.3 is 0 Å². The zero-order valence-corrected chi connectivity index (χ0v) is 10.5. The van der Waals surface area contributed by atoms with Crippen molar-refractivity contribution in [2.45, 2.75) is 20.3 Å². The van der Waals surface area contributed by atoms with Crippen molar-refractivity contribution in [2.75, 3.05) is 12.4 Å². The summed E-state index contributed by atoms with van der Waals surface area (Å²) in [4.78, 5) is 4.31. The van der Waals surface area contributed by atoms with Crippen LogP contribution in [0.5, 0.6) is 0 Å². The average Bonchev–Trinajstić information content (AvgIpc) is 2.78. The molecule has 0 saturated carbocycles. The van der Waals surface area contributed by atoms with Crippen molar-refractivity contribution in [1.29, 1.82) is 0 Å². The number of nitrogens with one attached hydrogen (secondary N) is 1. The van der Waals surface area contributed by atoms with Gasteiger partial charge in [-0.3, -0.25) is 0 Å². The van der Waals surface area contributed by atoms with E-state index in [1.807, 2.05) is 0 Å². The second-order valence-electron chi connectivity index (χ2n) is 4.58.